The smallest absolute Gasteiger partial charge is 0.325 e. The Labute approximate surface area is 112 Å². The van der Waals surface area contributed by atoms with Gasteiger partial charge in [-0.2, -0.15) is 0 Å². The lowest BCUT2D eigenvalue weighted by molar-refractivity contribution is -0.141. The van der Waals surface area contributed by atoms with Crippen molar-refractivity contribution in [3.05, 3.63) is 29.8 Å². The number of amides is 1. The number of benzene rings is 1. The average Bonchev–Trinajstić information content (AvgIpc) is 2.36. The summed E-state index contributed by atoms with van der Waals surface area (Å²) < 4.78 is 5.28. The van der Waals surface area contributed by atoms with Gasteiger partial charge in [-0.1, -0.05) is 26.0 Å². The van der Waals surface area contributed by atoms with Crippen LogP contribution in [0.25, 0.3) is 0 Å². The molecule has 1 aromatic carbocycles. The van der Waals surface area contributed by atoms with E-state index in [1.165, 1.54) is 12.5 Å². The van der Waals surface area contributed by atoms with Crippen molar-refractivity contribution >= 4 is 11.9 Å². The summed E-state index contributed by atoms with van der Waals surface area (Å²) in [5, 5.41) is 11.0. The summed E-state index contributed by atoms with van der Waals surface area (Å²) in [5.74, 6) is -0.506. The Morgan fingerprint density at radius 3 is 2.26 bits per heavy atom. The van der Waals surface area contributed by atoms with Gasteiger partial charge in [0.2, 0.25) is 0 Å². The highest BCUT2D eigenvalue weighted by molar-refractivity contribution is 5.84. The van der Waals surface area contributed by atoms with Crippen molar-refractivity contribution in [1.82, 2.24) is 5.32 Å². The number of rotatable bonds is 6. The summed E-state index contributed by atoms with van der Waals surface area (Å²) >= 11 is 0. The summed E-state index contributed by atoms with van der Waals surface area (Å²) in [7, 11) is 0. The second-order valence-electron chi connectivity index (χ2n) is 4.64. The Morgan fingerprint density at radius 1 is 1.21 bits per heavy atom. The van der Waals surface area contributed by atoms with E-state index in [0.29, 0.717) is 11.7 Å². The minimum atomic E-state index is -1.07. The maximum atomic E-state index is 11.4. The van der Waals surface area contributed by atoms with Crippen LogP contribution in [0.2, 0.25) is 0 Å². The van der Waals surface area contributed by atoms with Crippen LogP contribution in [0.5, 0.6) is 5.75 Å². The molecule has 5 nitrogen and oxygen atoms in total. The number of carbonyl (C=O) groups is 2. The summed E-state index contributed by atoms with van der Waals surface area (Å²) in [5.41, 5.74) is 1.19. The molecule has 0 saturated heterocycles. The maximum Gasteiger partial charge on any atom is 0.325 e. The molecule has 0 heterocycles. The summed E-state index contributed by atoms with van der Waals surface area (Å²) in [6.07, 6.45) is 0. The molecule has 0 aliphatic carbocycles. The molecule has 1 amide bonds. The van der Waals surface area contributed by atoms with E-state index < -0.39 is 17.9 Å². The van der Waals surface area contributed by atoms with Crippen LogP contribution < -0.4 is 10.1 Å². The summed E-state index contributed by atoms with van der Waals surface area (Å²) in [6.45, 7) is 5.39. The first kappa shape index (κ1) is 15.0. The van der Waals surface area contributed by atoms with Crippen molar-refractivity contribution in [2.75, 3.05) is 6.61 Å². The predicted molar refractivity (Wildman–Crippen MR) is 71.3 cm³/mol. The monoisotopic (exact) mass is 265 g/mol. The number of ether oxygens (including phenoxy) is 1. The lowest BCUT2D eigenvalue weighted by Gasteiger charge is -2.11. The van der Waals surface area contributed by atoms with E-state index in [9.17, 15) is 9.59 Å². The molecule has 0 spiro atoms. The lowest BCUT2D eigenvalue weighted by atomic mass is 10.0. The first-order valence-corrected chi connectivity index (χ1v) is 6.15. The number of nitrogens with one attached hydrogen (secondary N) is 1. The van der Waals surface area contributed by atoms with E-state index in [2.05, 4.69) is 19.2 Å². The topological polar surface area (TPSA) is 75.6 Å². The van der Waals surface area contributed by atoms with Gasteiger partial charge in [0, 0.05) is 0 Å². The fraction of sp³-hybridized carbons (Fsp3) is 0.429. The highest BCUT2D eigenvalue weighted by Gasteiger charge is 2.14. The largest absolute Gasteiger partial charge is 0.484 e. The van der Waals surface area contributed by atoms with E-state index in [4.69, 9.17) is 9.84 Å². The molecule has 19 heavy (non-hydrogen) atoms. The van der Waals surface area contributed by atoms with E-state index in [1.54, 1.807) is 12.1 Å². The molecule has 1 rings (SSSR count). The fourth-order valence-corrected chi connectivity index (χ4v) is 1.44. The molecule has 0 aliphatic rings. The van der Waals surface area contributed by atoms with E-state index in [1.807, 2.05) is 12.1 Å². The molecule has 104 valence electrons. The summed E-state index contributed by atoms with van der Waals surface area (Å²) in [4.78, 5) is 22.0. The van der Waals surface area contributed by atoms with Crippen LogP contribution in [-0.2, 0) is 9.59 Å². The number of aliphatic carboxylic acids is 1. The molecule has 1 atom stereocenters. The van der Waals surface area contributed by atoms with Crippen molar-refractivity contribution in [2.24, 2.45) is 0 Å². The average molecular weight is 265 g/mol. The van der Waals surface area contributed by atoms with Gasteiger partial charge in [-0.15, -0.1) is 0 Å². The maximum absolute atomic E-state index is 11.4. The van der Waals surface area contributed by atoms with E-state index in [0.717, 1.165) is 0 Å². The number of carboxylic acids is 1. The van der Waals surface area contributed by atoms with Crippen molar-refractivity contribution in [3.63, 3.8) is 0 Å². The number of hydrogen-bond acceptors (Lipinski definition) is 3. The van der Waals surface area contributed by atoms with Gasteiger partial charge in [-0.25, -0.2) is 0 Å². The zero-order chi connectivity index (χ0) is 14.4. The van der Waals surface area contributed by atoms with Crippen LogP contribution in [0.4, 0.5) is 0 Å². The van der Waals surface area contributed by atoms with Crippen LogP contribution in [0.3, 0.4) is 0 Å². The van der Waals surface area contributed by atoms with Crippen LogP contribution in [0, 0.1) is 0 Å². The van der Waals surface area contributed by atoms with Crippen molar-refractivity contribution < 1.29 is 19.4 Å². The molecule has 0 fully saturated rings. The van der Waals surface area contributed by atoms with Gasteiger partial charge < -0.3 is 15.2 Å². The normalized spacial score (nSPS) is 12.0. The standard InChI is InChI=1S/C14H19NO4/c1-9(2)11-4-6-12(7-5-11)19-8-13(16)15-10(3)14(17)18/h4-7,9-10H,8H2,1-3H3,(H,15,16)(H,17,18). The van der Waals surface area contributed by atoms with Crippen molar-refractivity contribution in [2.45, 2.75) is 32.7 Å². The van der Waals surface area contributed by atoms with Crippen molar-refractivity contribution in [1.29, 1.82) is 0 Å². The second kappa shape index (κ2) is 6.78. The Bertz CT molecular complexity index is 439. The Hall–Kier alpha value is -2.04. The minimum Gasteiger partial charge on any atom is -0.484 e. The molecule has 0 aliphatic heterocycles. The molecule has 0 radical (unpaired) electrons. The van der Waals surface area contributed by atoms with Gasteiger partial charge in [0.25, 0.3) is 5.91 Å². The fourth-order valence-electron chi connectivity index (χ4n) is 1.44. The third-order valence-corrected chi connectivity index (χ3v) is 2.66. The van der Waals surface area contributed by atoms with Gasteiger partial charge in [-0.3, -0.25) is 9.59 Å². The first-order chi connectivity index (χ1) is 8.90. The Morgan fingerprint density at radius 2 is 1.79 bits per heavy atom. The molecule has 0 saturated carbocycles. The molecular formula is C14H19NO4. The van der Waals surface area contributed by atoms with Crippen LogP contribution in [0.1, 0.15) is 32.3 Å². The summed E-state index contributed by atoms with van der Waals surface area (Å²) in [6, 6.07) is 6.56. The molecule has 5 heteroatoms. The van der Waals surface area contributed by atoms with Gasteiger partial charge in [-0.05, 0) is 30.5 Å². The SMILES string of the molecule is CC(NC(=O)COc1ccc(C(C)C)cc1)C(=O)O. The third-order valence-electron chi connectivity index (χ3n) is 2.66. The van der Waals surface area contributed by atoms with Gasteiger partial charge in [0.15, 0.2) is 6.61 Å². The zero-order valence-electron chi connectivity index (χ0n) is 11.3. The molecule has 1 aromatic rings. The predicted octanol–water partition coefficient (Wildman–Crippen LogP) is 1.78. The number of carboxylic acid groups (broad SMARTS) is 1. The quantitative estimate of drug-likeness (QED) is 0.822. The van der Waals surface area contributed by atoms with Crippen molar-refractivity contribution in [3.8, 4) is 5.75 Å². The van der Waals surface area contributed by atoms with Crippen LogP contribution in [-0.4, -0.2) is 29.6 Å². The van der Waals surface area contributed by atoms with Gasteiger partial charge in [0.05, 0.1) is 0 Å². The Balaban J connectivity index is 2.44. The molecular weight excluding hydrogens is 246 g/mol. The number of hydrogen-bond donors (Lipinski definition) is 2. The molecule has 2 N–H and O–H groups in total. The molecule has 0 aromatic heterocycles. The zero-order valence-corrected chi connectivity index (χ0v) is 11.3. The lowest BCUT2D eigenvalue weighted by Crippen LogP contribution is -2.40. The highest BCUT2D eigenvalue weighted by atomic mass is 16.5. The number of carbonyl (C=O) groups excluding carboxylic acids is 1. The first-order valence-electron chi connectivity index (χ1n) is 6.15. The Kier molecular flexibility index (Phi) is 5.36. The van der Waals surface area contributed by atoms with Gasteiger partial charge in [0.1, 0.15) is 11.8 Å². The third kappa shape index (κ3) is 4.99. The molecule has 1 unspecified atom stereocenters. The van der Waals surface area contributed by atoms with Crippen LogP contribution >= 0.6 is 0 Å². The van der Waals surface area contributed by atoms with E-state index >= 15 is 0 Å². The van der Waals surface area contributed by atoms with Crippen LogP contribution in [0.15, 0.2) is 24.3 Å². The van der Waals surface area contributed by atoms with Gasteiger partial charge >= 0.3 is 5.97 Å². The molecule has 0 bridgehead atoms. The minimum absolute atomic E-state index is 0.196. The second-order valence-corrected chi connectivity index (χ2v) is 4.64. The highest BCUT2D eigenvalue weighted by Crippen LogP contribution is 2.18. The van der Waals surface area contributed by atoms with E-state index in [-0.39, 0.29) is 6.61 Å².